The molecule has 0 saturated carbocycles. The summed E-state index contributed by atoms with van der Waals surface area (Å²) in [4.78, 5) is 25.0. The van der Waals surface area contributed by atoms with Crippen LogP contribution < -0.4 is 29.7 Å². The number of nitrogens with zero attached hydrogens (tertiary/aromatic N) is 1. The third-order valence-electron chi connectivity index (χ3n) is 5.25. The first-order valence-corrected chi connectivity index (χ1v) is 12.8. The Morgan fingerprint density at radius 3 is 2.51 bits per heavy atom. The molecule has 0 saturated heterocycles. The fraction of sp³-hybridized carbons (Fsp3) is 0.276. The number of anilines is 1. The van der Waals surface area contributed by atoms with E-state index in [1.165, 1.54) is 13.3 Å². The van der Waals surface area contributed by atoms with E-state index in [0.29, 0.717) is 47.3 Å². The molecule has 0 aliphatic heterocycles. The predicted octanol–water partition coefficient (Wildman–Crippen LogP) is 5.63. The minimum Gasteiger partial charge on any atom is -0.493 e. The maximum absolute atomic E-state index is 12.6. The molecule has 0 atom stereocenters. The van der Waals surface area contributed by atoms with E-state index in [1.807, 2.05) is 39.0 Å². The van der Waals surface area contributed by atoms with Crippen molar-refractivity contribution in [1.82, 2.24) is 5.43 Å². The van der Waals surface area contributed by atoms with Crippen molar-refractivity contribution in [3.05, 3.63) is 76.3 Å². The van der Waals surface area contributed by atoms with Gasteiger partial charge < -0.3 is 24.3 Å². The zero-order chi connectivity index (χ0) is 28.2. The van der Waals surface area contributed by atoms with Crippen LogP contribution in [0, 0.1) is 6.92 Å². The van der Waals surface area contributed by atoms with E-state index < -0.39 is 5.91 Å². The molecule has 9 nitrogen and oxygen atoms in total. The third kappa shape index (κ3) is 8.65. The molecule has 0 radical (unpaired) electrons. The van der Waals surface area contributed by atoms with Crippen LogP contribution >= 0.6 is 11.6 Å². The van der Waals surface area contributed by atoms with Crippen LogP contribution in [0.4, 0.5) is 5.69 Å². The molecule has 0 aliphatic rings. The molecule has 39 heavy (non-hydrogen) atoms. The summed E-state index contributed by atoms with van der Waals surface area (Å²) in [7, 11) is 1.51. The number of carbonyl (C=O) groups excluding carboxylic acids is 2. The highest BCUT2D eigenvalue weighted by molar-refractivity contribution is 6.32. The first kappa shape index (κ1) is 29.3. The monoisotopic (exact) mass is 553 g/mol. The molecule has 3 rings (SSSR count). The Hall–Kier alpha value is -4.24. The number of hydrogen-bond acceptors (Lipinski definition) is 7. The summed E-state index contributed by atoms with van der Waals surface area (Å²) in [6.45, 7) is 6.39. The van der Waals surface area contributed by atoms with Crippen molar-refractivity contribution < 1.29 is 28.5 Å². The van der Waals surface area contributed by atoms with Gasteiger partial charge in [-0.3, -0.25) is 9.59 Å². The number of ether oxygens (including phenoxy) is 4. The van der Waals surface area contributed by atoms with E-state index in [9.17, 15) is 9.59 Å². The second-order valence-electron chi connectivity index (χ2n) is 8.38. The van der Waals surface area contributed by atoms with Crippen molar-refractivity contribution in [1.29, 1.82) is 0 Å². The first-order chi connectivity index (χ1) is 18.8. The minimum absolute atomic E-state index is 0.226. The number of hydrogen-bond donors (Lipinski definition) is 2. The first-order valence-electron chi connectivity index (χ1n) is 12.4. The van der Waals surface area contributed by atoms with E-state index in [2.05, 4.69) is 15.8 Å². The maximum atomic E-state index is 12.6. The Balaban J connectivity index is 1.65. The lowest BCUT2D eigenvalue weighted by Crippen LogP contribution is -2.20. The Kier molecular flexibility index (Phi) is 11.0. The van der Waals surface area contributed by atoms with Crippen molar-refractivity contribution in [3.63, 3.8) is 0 Å². The molecule has 0 aromatic heterocycles. The fourth-order valence-electron chi connectivity index (χ4n) is 3.49. The van der Waals surface area contributed by atoms with Gasteiger partial charge >= 0.3 is 0 Å². The molecule has 2 amide bonds. The van der Waals surface area contributed by atoms with Crippen LogP contribution in [-0.2, 0) is 4.79 Å². The van der Waals surface area contributed by atoms with Crippen LogP contribution in [0.25, 0.3) is 0 Å². The van der Waals surface area contributed by atoms with Gasteiger partial charge in [0.1, 0.15) is 0 Å². The van der Waals surface area contributed by atoms with Gasteiger partial charge in [-0.1, -0.05) is 30.7 Å². The highest BCUT2D eigenvalue weighted by Gasteiger charge is 2.15. The Labute approximate surface area is 233 Å². The van der Waals surface area contributed by atoms with Gasteiger partial charge in [0.05, 0.1) is 31.6 Å². The van der Waals surface area contributed by atoms with Gasteiger partial charge in [0.15, 0.2) is 29.6 Å². The summed E-state index contributed by atoms with van der Waals surface area (Å²) < 4.78 is 22.3. The number of rotatable bonds is 13. The standard InChI is InChI=1S/C29H32ClN3O6/c1-5-12-38-24-11-10-21(16-25(24)36-4)29(35)33-31-17-20-14-23(30)28(26(15-20)37-6-2)39-18-27(34)32-22-9-7-8-19(3)13-22/h7-11,13-17H,5-6,12,18H2,1-4H3,(H,32,34)(H,33,35)/b31-17+. The molecule has 10 heteroatoms. The van der Waals surface area contributed by atoms with Crippen molar-refractivity contribution in [2.45, 2.75) is 27.2 Å². The van der Waals surface area contributed by atoms with Gasteiger partial charge in [-0.15, -0.1) is 0 Å². The Bertz CT molecular complexity index is 1330. The van der Waals surface area contributed by atoms with E-state index in [0.717, 1.165) is 12.0 Å². The van der Waals surface area contributed by atoms with E-state index in [-0.39, 0.29) is 23.3 Å². The Morgan fingerprint density at radius 1 is 0.974 bits per heavy atom. The molecule has 206 valence electrons. The summed E-state index contributed by atoms with van der Waals surface area (Å²) in [5.41, 5.74) is 5.09. The largest absolute Gasteiger partial charge is 0.493 e. The molecular weight excluding hydrogens is 522 g/mol. The van der Waals surface area contributed by atoms with Crippen molar-refractivity contribution in [2.75, 3.05) is 32.2 Å². The predicted molar refractivity (Wildman–Crippen MR) is 152 cm³/mol. The van der Waals surface area contributed by atoms with Gasteiger partial charge in [0, 0.05) is 11.3 Å². The number of amides is 2. The molecule has 0 bridgehead atoms. The normalized spacial score (nSPS) is 10.7. The molecule has 0 aliphatic carbocycles. The van der Waals surface area contributed by atoms with Gasteiger partial charge in [-0.2, -0.15) is 5.10 Å². The van der Waals surface area contributed by atoms with E-state index in [1.54, 1.807) is 36.4 Å². The maximum Gasteiger partial charge on any atom is 0.271 e. The van der Waals surface area contributed by atoms with Crippen LogP contribution in [0.15, 0.2) is 59.7 Å². The molecule has 0 fully saturated rings. The second kappa shape index (κ2) is 14.6. The molecule has 0 heterocycles. The number of benzene rings is 3. The smallest absolute Gasteiger partial charge is 0.271 e. The van der Waals surface area contributed by atoms with Gasteiger partial charge in [-0.05, 0) is 73.9 Å². The molecule has 0 spiro atoms. The number of aryl methyl sites for hydroxylation is 1. The number of methoxy groups -OCH3 is 1. The van der Waals surface area contributed by atoms with Gasteiger partial charge in [0.2, 0.25) is 0 Å². The molecule has 3 aromatic carbocycles. The summed E-state index contributed by atoms with van der Waals surface area (Å²) in [6, 6.07) is 15.6. The van der Waals surface area contributed by atoms with Crippen LogP contribution in [0.3, 0.4) is 0 Å². The third-order valence-corrected chi connectivity index (χ3v) is 5.53. The van der Waals surface area contributed by atoms with E-state index in [4.69, 9.17) is 30.5 Å². The Morgan fingerprint density at radius 2 is 1.79 bits per heavy atom. The second-order valence-corrected chi connectivity index (χ2v) is 8.79. The lowest BCUT2D eigenvalue weighted by Gasteiger charge is -2.14. The fourth-order valence-corrected chi connectivity index (χ4v) is 3.77. The zero-order valence-corrected chi connectivity index (χ0v) is 23.1. The van der Waals surface area contributed by atoms with Crippen LogP contribution in [0.1, 0.15) is 41.8 Å². The highest BCUT2D eigenvalue weighted by atomic mass is 35.5. The average Bonchev–Trinajstić information content (AvgIpc) is 2.91. The lowest BCUT2D eigenvalue weighted by atomic mass is 10.2. The van der Waals surface area contributed by atoms with Crippen molar-refractivity contribution in [3.8, 4) is 23.0 Å². The van der Waals surface area contributed by atoms with Crippen LogP contribution in [0.2, 0.25) is 5.02 Å². The van der Waals surface area contributed by atoms with Crippen LogP contribution in [-0.4, -0.2) is 45.0 Å². The number of nitrogens with one attached hydrogen (secondary N) is 2. The van der Waals surface area contributed by atoms with E-state index >= 15 is 0 Å². The highest BCUT2D eigenvalue weighted by Crippen LogP contribution is 2.36. The van der Waals surface area contributed by atoms with Gasteiger partial charge in [-0.25, -0.2) is 5.43 Å². The quantitative estimate of drug-likeness (QED) is 0.210. The number of halogens is 1. The summed E-state index contributed by atoms with van der Waals surface area (Å²) in [6.07, 6.45) is 2.28. The lowest BCUT2D eigenvalue weighted by molar-refractivity contribution is -0.118. The summed E-state index contributed by atoms with van der Waals surface area (Å²) in [5, 5.41) is 7.04. The summed E-state index contributed by atoms with van der Waals surface area (Å²) >= 11 is 6.44. The minimum atomic E-state index is -0.428. The summed E-state index contributed by atoms with van der Waals surface area (Å²) in [5.74, 6) is 0.824. The SMILES string of the molecule is CCCOc1ccc(C(=O)N/N=C/c2cc(Cl)c(OCC(=O)Nc3cccc(C)c3)c(OCC)c2)cc1OC. The zero-order valence-electron chi connectivity index (χ0n) is 22.4. The average molecular weight is 554 g/mol. The van der Waals surface area contributed by atoms with Crippen LogP contribution in [0.5, 0.6) is 23.0 Å². The number of carbonyl (C=O) groups is 2. The van der Waals surface area contributed by atoms with Crippen molar-refractivity contribution in [2.24, 2.45) is 5.10 Å². The van der Waals surface area contributed by atoms with Crippen molar-refractivity contribution >= 4 is 35.3 Å². The number of hydrazone groups is 1. The molecule has 2 N–H and O–H groups in total. The molecular formula is C29H32ClN3O6. The molecule has 0 unspecified atom stereocenters. The molecule has 3 aromatic rings. The van der Waals surface area contributed by atoms with Gasteiger partial charge in [0.25, 0.3) is 11.8 Å². The topological polar surface area (TPSA) is 107 Å².